The number of amides is 1. The second-order valence-corrected chi connectivity index (χ2v) is 6.23. The van der Waals surface area contributed by atoms with Gasteiger partial charge in [0, 0.05) is 32.2 Å². The minimum atomic E-state index is -0.497. The van der Waals surface area contributed by atoms with Gasteiger partial charge in [-0.05, 0) is 41.8 Å². The van der Waals surface area contributed by atoms with Crippen molar-refractivity contribution in [3.8, 4) is 5.75 Å². The zero-order chi connectivity index (χ0) is 14.7. The van der Waals surface area contributed by atoms with Gasteiger partial charge in [-0.25, -0.2) is 0 Å². The third-order valence-electron chi connectivity index (χ3n) is 3.29. The Morgan fingerprint density at radius 3 is 2.80 bits per heavy atom. The molecule has 1 unspecified atom stereocenters. The Bertz CT molecular complexity index is 487. The number of halogens is 1. The van der Waals surface area contributed by atoms with E-state index in [1.807, 2.05) is 18.2 Å². The molecule has 5 heteroatoms. The predicted octanol–water partition coefficient (Wildman–Crippen LogP) is 2.56. The van der Waals surface area contributed by atoms with Gasteiger partial charge in [0.15, 0.2) is 6.10 Å². The molecule has 1 aromatic carbocycles. The number of nitrogens with zero attached hydrogens (tertiary/aromatic N) is 1. The van der Waals surface area contributed by atoms with Gasteiger partial charge in [0.25, 0.3) is 5.91 Å². The van der Waals surface area contributed by atoms with E-state index in [1.165, 1.54) is 12.8 Å². The first kappa shape index (κ1) is 15.3. The third kappa shape index (κ3) is 3.96. The van der Waals surface area contributed by atoms with Crippen molar-refractivity contribution in [3.05, 3.63) is 28.2 Å². The van der Waals surface area contributed by atoms with Crippen LogP contribution in [-0.2, 0) is 11.3 Å². The molecule has 0 radical (unpaired) electrons. The molecule has 1 amide bonds. The van der Waals surface area contributed by atoms with E-state index >= 15 is 0 Å². The zero-order valence-corrected chi connectivity index (χ0v) is 13.7. The van der Waals surface area contributed by atoms with Gasteiger partial charge in [0.1, 0.15) is 5.75 Å². The van der Waals surface area contributed by atoms with Crippen LogP contribution in [0.2, 0.25) is 0 Å². The van der Waals surface area contributed by atoms with E-state index in [4.69, 9.17) is 4.74 Å². The van der Waals surface area contributed by atoms with Crippen molar-refractivity contribution in [1.29, 1.82) is 0 Å². The number of rotatable bonds is 6. The average Bonchev–Trinajstić information content (AvgIpc) is 3.22. The summed E-state index contributed by atoms with van der Waals surface area (Å²) >= 11 is 3.51. The van der Waals surface area contributed by atoms with Crippen molar-refractivity contribution >= 4 is 21.8 Å². The molecule has 1 saturated carbocycles. The number of carbonyl (C=O) groups is 1. The Kier molecular flexibility index (Phi) is 5.05. The first-order valence-electron chi connectivity index (χ1n) is 6.87. The molecule has 1 fully saturated rings. The number of ether oxygens (including phenoxy) is 1. The summed E-state index contributed by atoms with van der Waals surface area (Å²) < 4.78 is 6.75. The van der Waals surface area contributed by atoms with Crippen molar-refractivity contribution in [3.63, 3.8) is 0 Å². The van der Waals surface area contributed by atoms with Crippen LogP contribution in [0.1, 0.15) is 25.3 Å². The van der Waals surface area contributed by atoms with Gasteiger partial charge < -0.3 is 15.0 Å². The summed E-state index contributed by atoms with van der Waals surface area (Å²) in [5.41, 5.74) is 1.07. The molecule has 2 rings (SSSR count). The highest BCUT2D eigenvalue weighted by atomic mass is 79.9. The number of likely N-dealkylation sites (N-methyl/N-ethyl adjacent to an activating group) is 1. The molecule has 0 heterocycles. The summed E-state index contributed by atoms with van der Waals surface area (Å²) in [7, 11) is 3.47. The SMILES string of the molecule is CC(Oc1c(Br)cccc1CNC1CC1)C(=O)N(C)C. The molecule has 20 heavy (non-hydrogen) atoms. The molecule has 0 spiro atoms. The van der Waals surface area contributed by atoms with Crippen molar-refractivity contribution in [2.45, 2.75) is 38.5 Å². The van der Waals surface area contributed by atoms with Crippen molar-refractivity contribution in [2.24, 2.45) is 0 Å². The van der Waals surface area contributed by atoms with E-state index in [9.17, 15) is 4.79 Å². The number of hydrogen-bond donors (Lipinski definition) is 1. The molecular formula is C15H21BrN2O2. The van der Waals surface area contributed by atoms with E-state index < -0.39 is 6.10 Å². The van der Waals surface area contributed by atoms with Crippen molar-refractivity contribution < 1.29 is 9.53 Å². The van der Waals surface area contributed by atoms with E-state index in [0.29, 0.717) is 6.04 Å². The zero-order valence-electron chi connectivity index (χ0n) is 12.1. The lowest BCUT2D eigenvalue weighted by molar-refractivity contribution is -0.135. The molecule has 1 aliphatic carbocycles. The summed E-state index contributed by atoms with van der Waals surface area (Å²) in [5, 5.41) is 3.47. The quantitative estimate of drug-likeness (QED) is 0.865. The van der Waals surface area contributed by atoms with Crippen LogP contribution in [0.25, 0.3) is 0 Å². The summed E-state index contributed by atoms with van der Waals surface area (Å²) in [4.78, 5) is 13.5. The summed E-state index contributed by atoms with van der Waals surface area (Å²) in [6.45, 7) is 2.54. The number of para-hydroxylation sites is 1. The average molecular weight is 341 g/mol. The van der Waals surface area contributed by atoms with Crippen LogP contribution in [0, 0.1) is 0 Å². The Balaban J connectivity index is 2.09. The number of nitrogens with one attached hydrogen (secondary N) is 1. The Morgan fingerprint density at radius 1 is 1.50 bits per heavy atom. The Labute approximate surface area is 128 Å². The van der Waals surface area contributed by atoms with Gasteiger partial charge in [-0.2, -0.15) is 0 Å². The van der Waals surface area contributed by atoms with Gasteiger partial charge in [-0.1, -0.05) is 12.1 Å². The largest absolute Gasteiger partial charge is 0.479 e. The van der Waals surface area contributed by atoms with Gasteiger partial charge >= 0.3 is 0 Å². The second-order valence-electron chi connectivity index (χ2n) is 5.38. The molecule has 1 aliphatic rings. The fourth-order valence-electron chi connectivity index (χ4n) is 1.96. The highest BCUT2D eigenvalue weighted by molar-refractivity contribution is 9.10. The molecule has 0 saturated heterocycles. The first-order valence-corrected chi connectivity index (χ1v) is 7.67. The van der Waals surface area contributed by atoms with Crippen LogP contribution >= 0.6 is 15.9 Å². The van der Waals surface area contributed by atoms with Crippen LogP contribution in [0.4, 0.5) is 0 Å². The maximum Gasteiger partial charge on any atom is 0.262 e. The molecule has 1 atom stereocenters. The van der Waals surface area contributed by atoms with Crippen LogP contribution in [-0.4, -0.2) is 37.0 Å². The second kappa shape index (κ2) is 6.59. The molecule has 1 N–H and O–H groups in total. The standard InChI is InChI=1S/C15H21BrN2O2/c1-10(15(19)18(2)3)20-14-11(5-4-6-13(14)16)9-17-12-7-8-12/h4-6,10,12,17H,7-9H2,1-3H3. The van der Waals surface area contributed by atoms with Crippen LogP contribution in [0.15, 0.2) is 22.7 Å². The lowest BCUT2D eigenvalue weighted by atomic mass is 10.2. The van der Waals surface area contributed by atoms with E-state index in [-0.39, 0.29) is 5.91 Å². The summed E-state index contributed by atoms with van der Waals surface area (Å²) in [6, 6.07) is 6.59. The van der Waals surface area contributed by atoms with E-state index in [2.05, 4.69) is 21.2 Å². The van der Waals surface area contributed by atoms with Crippen molar-refractivity contribution in [1.82, 2.24) is 10.2 Å². The number of carbonyl (C=O) groups excluding carboxylic acids is 1. The molecule has 110 valence electrons. The molecule has 4 nitrogen and oxygen atoms in total. The highest BCUT2D eigenvalue weighted by Gasteiger charge is 2.22. The van der Waals surface area contributed by atoms with Crippen LogP contribution < -0.4 is 10.1 Å². The fraction of sp³-hybridized carbons (Fsp3) is 0.533. The number of hydrogen-bond acceptors (Lipinski definition) is 3. The van der Waals surface area contributed by atoms with Crippen LogP contribution in [0.3, 0.4) is 0 Å². The first-order chi connectivity index (χ1) is 9.49. The molecule has 0 bridgehead atoms. The summed E-state index contributed by atoms with van der Waals surface area (Å²) in [5.74, 6) is 0.713. The Morgan fingerprint density at radius 2 is 2.20 bits per heavy atom. The van der Waals surface area contributed by atoms with Gasteiger partial charge in [-0.15, -0.1) is 0 Å². The lowest BCUT2D eigenvalue weighted by Crippen LogP contribution is -2.35. The van der Waals surface area contributed by atoms with Gasteiger partial charge in [-0.3, -0.25) is 4.79 Å². The summed E-state index contributed by atoms with van der Waals surface area (Å²) in [6.07, 6.45) is 2.00. The molecular weight excluding hydrogens is 320 g/mol. The fourth-order valence-corrected chi connectivity index (χ4v) is 2.46. The third-order valence-corrected chi connectivity index (χ3v) is 3.91. The van der Waals surface area contributed by atoms with E-state index in [1.54, 1.807) is 25.9 Å². The van der Waals surface area contributed by atoms with Gasteiger partial charge in [0.05, 0.1) is 4.47 Å². The molecule has 0 aromatic heterocycles. The molecule has 0 aliphatic heterocycles. The normalized spacial score (nSPS) is 15.8. The number of benzene rings is 1. The maximum atomic E-state index is 11.9. The minimum Gasteiger partial charge on any atom is -0.479 e. The van der Waals surface area contributed by atoms with Crippen LogP contribution in [0.5, 0.6) is 5.75 Å². The predicted molar refractivity (Wildman–Crippen MR) is 82.8 cm³/mol. The molecule has 1 aromatic rings. The Hall–Kier alpha value is -1.07. The smallest absolute Gasteiger partial charge is 0.262 e. The topological polar surface area (TPSA) is 41.6 Å². The maximum absolute atomic E-state index is 11.9. The minimum absolute atomic E-state index is 0.0399. The van der Waals surface area contributed by atoms with E-state index in [0.717, 1.165) is 22.3 Å². The lowest BCUT2D eigenvalue weighted by Gasteiger charge is -2.21. The van der Waals surface area contributed by atoms with Gasteiger partial charge in [0.2, 0.25) is 0 Å². The van der Waals surface area contributed by atoms with Crippen molar-refractivity contribution in [2.75, 3.05) is 14.1 Å². The monoisotopic (exact) mass is 340 g/mol. The highest BCUT2D eigenvalue weighted by Crippen LogP contribution is 2.31.